The van der Waals surface area contributed by atoms with Crippen molar-refractivity contribution in [1.29, 1.82) is 0 Å². The molecule has 6 N–H and O–H groups in total. The van der Waals surface area contributed by atoms with Crippen LogP contribution in [0.3, 0.4) is 0 Å². The average molecular weight is 447 g/mol. The van der Waals surface area contributed by atoms with Crippen molar-refractivity contribution in [3.8, 4) is 0 Å². The minimum absolute atomic E-state index is 0. The summed E-state index contributed by atoms with van der Waals surface area (Å²) in [5, 5.41) is 2.98. The zero-order valence-corrected chi connectivity index (χ0v) is 19.6. The Balaban J connectivity index is 0.00000181. The maximum absolute atomic E-state index is 13.2. The number of anilines is 4. The Morgan fingerprint density at radius 2 is 1.48 bits per heavy atom. The third kappa shape index (κ3) is 3.75. The Hall–Kier alpha value is -2.69. The summed E-state index contributed by atoms with van der Waals surface area (Å²) in [6, 6.07) is 12.3. The molecule has 0 spiro atoms. The van der Waals surface area contributed by atoms with Crippen LogP contribution in [0.4, 0.5) is 22.7 Å². The van der Waals surface area contributed by atoms with Crippen molar-refractivity contribution in [2.45, 2.75) is 11.8 Å². The van der Waals surface area contributed by atoms with Crippen LogP contribution in [-0.4, -0.2) is 24.5 Å². The molecule has 0 radical (unpaired) electrons. The summed E-state index contributed by atoms with van der Waals surface area (Å²) in [4.78, 5) is 25.7. The van der Waals surface area contributed by atoms with Crippen LogP contribution in [0.2, 0.25) is 0 Å². The third-order valence-corrected chi connectivity index (χ3v) is 6.02. The van der Waals surface area contributed by atoms with E-state index >= 15 is 0 Å². The molecule has 3 aromatic carbocycles. The van der Waals surface area contributed by atoms with Gasteiger partial charge in [-0.1, -0.05) is 30.3 Å². The number of benzene rings is 3. The van der Waals surface area contributed by atoms with Crippen LogP contribution >= 0.6 is 0 Å². The molecule has 0 saturated heterocycles. The van der Waals surface area contributed by atoms with Crippen LogP contribution in [0, 0.1) is 6.92 Å². The van der Waals surface area contributed by atoms with Gasteiger partial charge in [-0.15, -0.1) is 0 Å². The predicted molar refractivity (Wildman–Crippen MR) is 114 cm³/mol. The summed E-state index contributed by atoms with van der Waals surface area (Å²) in [6.45, 7) is 1.74. The first-order valence-electron chi connectivity index (χ1n) is 8.85. The zero-order chi connectivity index (χ0) is 21.8. The van der Waals surface area contributed by atoms with E-state index < -0.39 is 32.3 Å². The number of nitrogens with one attached hydrogen (secondary N) is 1. The summed E-state index contributed by atoms with van der Waals surface area (Å²) in [7, 11) is -4.77. The SMILES string of the molecule is Cc1c(N)cccc1Nc1cc(S(=O)(=O)O)c(N)c2c1C(=O)c1ccccc1C2=O.[H-].[Na+]. The fraction of sp³-hybridized carbons (Fsp3) is 0.0476. The van der Waals surface area contributed by atoms with Crippen molar-refractivity contribution in [2.24, 2.45) is 0 Å². The van der Waals surface area contributed by atoms with E-state index in [1.165, 1.54) is 12.1 Å². The number of ketones is 2. The Labute approximate surface area is 202 Å². The molecule has 0 aromatic heterocycles. The van der Waals surface area contributed by atoms with E-state index in [0.717, 1.165) is 6.07 Å². The normalized spacial score (nSPS) is 12.6. The van der Waals surface area contributed by atoms with E-state index in [9.17, 15) is 22.6 Å². The minimum atomic E-state index is -4.77. The van der Waals surface area contributed by atoms with Gasteiger partial charge in [0, 0.05) is 22.5 Å². The van der Waals surface area contributed by atoms with Gasteiger partial charge in [-0.25, -0.2) is 0 Å². The van der Waals surface area contributed by atoms with Gasteiger partial charge in [0.2, 0.25) is 0 Å². The summed E-state index contributed by atoms with van der Waals surface area (Å²) in [6.07, 6.45) is 0. The number of hydrogen-bond donors (Lipinski definition) is 4. The van der Waals surface area contributed by atoms with Crippen LogP contribution in [0.15, 0.2) is 53.4 Å². The molecular weight excluding hydrogens is 429 g/mol. The molecule has 31 heavy (non-hydrogen) atoms. The maximum Gasteiger partial charge on any atom is 1.00 e. The topological polar surface area (TPSA) is 153 Å². The number of nitrogen functional groups attached to an aromatic ring is 2. The molecule has 0 saturated carbocycles. The van der Waals surface area contributed by atoms with Gasteiger partial charge >= 0.3 is 29.6 Å². The standard InChI is InChI=1S/C21H17N3O5S.Na.H/c1-10-13(22)7-4-8-14(10)24-15-9-16(30(27,28)29)19(23)18-17(15)20(25)11-5-2-3-6-12(11)21(18)26;;/h2-9,24H,22-23H2,1H3,(H,27,28,29);;/q;+1;-1. The molecular formula is C21H18N3NaO5S. The number of carbonyl (C=O) groups is 2. The van der Waals surface area contributed by atoms with E-state index in [0.29, 0.717) is 16.9 Å². The predicted octanol–water partition coefficient (Wildman–Crippen LogP) is 0.0416. The molecule has 0 heterocycles. The molecule has 0 aliphatic heterocycles. The number of carbonyl (C=O) groups excluding carboxylic acids is 2. The van der Waals surface area contributed by atoms with Gasteiger partial charge in [-0.2, -0.15) is 8.42 Å². The molecule has 0 atom stereocenters. The van der Waals surface area contributed by atoms with Crippen molar-refractivity contribution in [3.05, 3.63) is 76.3 Å². The van der Waals surface area contributed by atoms with E-state index in [1.54, 1.807) is 37.3 Å². The van der Waals surface area contributed by atoms with E-state index in [2.05, 4.69) is 5.32 Å². The smallest absolute Gasteiger partial charge is 1.00 e. The summed E-state index contributed by atoms with van der Waals surface area (Å²) in [5.41, 5.74) is 13.0. The van der Waals surface area contributed by atoms with Crippen LogP contribution < -0.4 is 46.3 Å². The molecule has 154 valence electrons. The van der Waals surface area contributed by atoms with Gasteiger partial charge in [-0.3, -0.25) is 14.1 Å². The van der Waals surface area contributed by atoms with Gasteiger partial charge in [0.1, 0.15) is 4.90 Å². The van der Waals surface area contributed by atoms with Crippen molar-refractivity contribution < 1.29 is 53.5 Å². The largest absolute Gasteiger partial charge is 1.00 e. The molecule has 1 aliphatic carbocycles. The fourth-order valence-electron chi connectivity index (χ4n) is 3.54. The molecule has 8 nitrogen and oxygen atoms in total. The Kier molecular flexibility index (Phi) is 6.01. The van der Waals surface area contributed by atoms with Gasteiger partial charge < -0.3 is 18.2 Å². The van der Waals surface area contributed by atoms with Crippen molar-refractivity contribution >= 4 is 44.4 Å². The molecule has 4 rings (SSSR count). The van der Waals surface area contributed by atoms with Crippen LogP contribution in [0.25, 0.3) is 0 Å². The van der Waals surface area contributed by atoms with Crippen LogP contribution in [0.1, 0.15) is 38.8 Å². The van der Waals surface area contributed by atoms with E-state index in [1.807, 2.05) is 0 Å². The van der Waals surface area contributed by atoms with Gasteiger partial charge in [0.05, 0.1) is 22.5 Å². The number of rotatable bonds is 3. The molecule has 0 amide bonds. The first-order valence-corrected chi connectivity index (χ1v) is 10.3. The number of fused-ring (bicyclic) bond motifs is 2. The Morgan fingerprint density at radius 1 is 0.903 bits per heavy atom. The maximum atomic E-state index is 13.2. The first kappa shape index (κ1) is 23.0. The monoisotopic (exact) mass is 447 g/mol. The first-order chi connectivity index (χ1) is 14.1. The van der Waals surface area contributed by atoms with Crippen molar-refractivity contribution in [2.75, 3.05) is 16.8 Å². The third-order valence-electron chi connectivity index (χ3n) is 5.12. The summed E-state index contributed by atoms with van der Waals surface area (Å²) >= 11 is 0. The molecule has 0 bridgehead atoms. The summed E-state index contributed by atoms with van der Waals surface area (Å²) < 4.78 is 33.5. The minimum Gasteiger partial charge on any atom is -1.00 e. The van der Waals surface area contributed by atoms with Crippen LogP contribution in [0.5, 0.6) is 0 Å². The van der Waals surface area contributed by atoms with E-state index in [-0.39, 0.29) is 58.9 Å². The Morgan fingerprint density at radius 3 is 2.06 bits per heavy atom. The molecule has 0 unspecified atom stereocenters. The van der Waals surface area contributed by atoms with E-state index in [4.69, 9.17) is 11.5 Å². The van der Waals surface area contributed by atoms with Gasteiger partial charge in [0.15, 0.2) is 11.6 Å². The number of nitrogens with two attached hydrogens (primary N) is 2. The van der Waals surface area contributed by atoms with Gasteiger partial charge in [-0.05, 0) is 30.7 Å². The molecule has 1 aliphatic rings. The number of hydrogen-bond acceptors (Lipinski definition) is 7. The average Bonchev–Trinajstić information content (AvgIpc) is 2.69. The molecule has 0 fully saturated rings. The second-order valence-corrected chi connectivity index (χ2v) is 8.30. The zero-order valence-electron chi connectivity index (χ0n) is 17.8. The van der Waals surface area contributed by atoms with Gasteiger partial charge in [0.25, 0.3) is 10.1 Å². The quantitative estimate of drug-likeness (QED) is 0.195. The van der Waals surface area contributed by atoms with Crippen LogP contribution in [-0.2, 0) is 10.1 Å². The second-order valence-electron chi connectivity index (χ2n) is 6.91. The molecule has 10 heteroatoms. The van der Waals surface area contributed by atoms with Crippen molar-refractivity contribution in [1.82, 2.24) is 0 Å². The Bertz CT molecular complexity index is 1380. The van der Waals surface area contributed by atoms with Crippen molar-refractivity contribution in [3.63, 3.8) is 0 Å². The second kappa shape index (κ2) is 8.10. The fourth-order valence-corrected chi connectivity index (χ4v) is 4.19. The molecule has 3 aromatic rings. The summed E-state index contributed by atoms with van der Waals surface area (Å²) in [5.74, 6) is -1.09.